The van der Waals surface area contributed by atoms with Crippen LogP contribution in [0.5, 0.6) is 0 Å². The topological polar surface area (TPSA) is 108 Å². The van der Waals surface area contributed by atoms with Crippen molar-refractivity contribution in [2.24, 2.45) is 10.1 Å². The lowest BCUT2D eigenvalue weighted by Crippen LogP contribution is -2.43. The number of rotatable bonds is 5. The van der Waals surface area contributed by atoms with Crippen molar-refractivity contribution < 1.29 is 18.0 Å². The maximum Gasteiger partial charge on any atom is 0.416 e. The average Bonchev–Trinajstić information content (AvgIpc) is 3.52. The molecule has 1 aliphatic rings. The Kier molecular flexibility index (Phi) is 7.71. The van der Waals surface area contributed by atoms with Gasteiger partial charge in [0.1, 0.15) is 5.69 Å². The first-order valence-corrected chi connectivity index (χ1v) is 12.2. The highest BCUT2D eigenvalue weighted by atomic mass is 19.4. The fourth-order valence-electron chi connectivity index (χ4n) is 4.74. The number of amides is 1. The van der Waals surface area contributed by atoms with Crippen molar-refractivity contribution in [2.75, 3.05) is 12.1 Å². The molecular weight excluding hydrogens is 511 g/mol. The molecule has 0 aliphatic heterocycles. The number of hydrogen-bond acceptors (Lipinski definition) is 5. The summed E-state index contributed by atoms with van der Waals surface area (Å²) >= 11 is 0. The van der Waals surface area contributed by atoms with Gasteiger partial charge in [0.15, 0.2) is 5.84 Å². The second kappa shape index (κ2) is 11.0. The van der Waals surface area contributed by atoms with Gasteiger partial charge in [0.25, 0.3) is 0 Å². The van der Waals surface area contributed by atoms with E-state index in [0.717, 1.165) is 47.0 Å². The standard InChI is InChI=1S/C27H26F3N7O2/c1-17-23(24(32-2)37(33-3)21-13-11-18(16-31)12-14-21)36(25(38)34-20-8-4-5-9-20)26(39)35(17)22-10-6-7-19(15-22)27(28,29)30/h6-7,10-15,20H,3-5,8-9H2,1-2H3,(H,34,38)/b32-24+. The molecule has 0 saturated heterocycles. The third-order valence-corrected chi connectivity index (χ3v) is 6.61. The van der Waals surface area contributed by atoms with Crippen molar-refractivity contribution in [1.82, 2.24) is 14.5 Å². The van der Waals surface area contributed by atoms with Crippen molar-refractivity contribution in [1.29, 1.82) is 5.26 Å². The first-order valence-electron chi connectivity index (χ1n) is 12.2. The summed E-state index contributed by atoms with van der Waals surface area (Å²) in [5.41, 5.74) is -0.818. The molecule has 1 amide bonds. The van der Waals surface area contributed by atoms with E-state index in [1.165, 1.54) is 31.1 Å². The van der Waals surface area contributed by atoms with Crippen LogP contribution in [-0.4, -0.2) is 40.8 Å². The van der Waals surface area contributed by atoms with Gasteiger partial charge in [-0.25, -0.2) is 19.2 Å². The Hall–Kier alpha value is -4.66. The molecule has 0 bridgehead atoms. The molecule has 202 valence electrons. The van der Waals surface area contributed by atoms with Crippen LogP contribution >= 0.6 is 0 Å². The van der Waals surface area contributed by atoms with Crippen molar-refractivity contribution >= 4 is 24.3 Å². The molecule has 3 aromatic rings. The van der Waals surface area contributed by atoms with Gasteiger partial charge in [-0.05, 0) is 62.2 Å². The monoisotopic (exact) mass is 537 g/mol. The normalized spacial score (nSPS) is 14.2. The zero-order valence-corrected chi connectivity index (χ0v) is 21.4. The van der Waals surface area contributed by atoms with Crippen LogP contribution in [0.4, 0.5) is 23.7 Å². The van der Waals surface area contributed by atoms with Crippen LogP contribution in [0.25, 0.3) is 5.69 Å². The quantitative estimate of drug-likeness (QED) is 0.286. The second-order valence-corrected chi connectivity index (χ2v) is 9.03. The largest absolute Gasteiger partial charge is 0.416 e. The molecule has 39 heavy (non-hydrogen) atoms. The van der Waals surface area contributed by atoms with Crippen LogP contribution in [0.1, 0.15) is 48.2 Å². The Morgan fingerprint density at radius 3 is 2.41 bits per heavy atom. The number of imidazole rings is 1. The molecule has 2 aromatic carbocycles. The van der Waals surface area contributed by atoms with E-state index in [-0.39, 0.29) is 29.0 Å². The molecule has 1 aromatic heterocycles. The van der Waals surface area contributed by atoms with E-state index >= 15 is 0 Å². The molecule has 0 atom stereocenters. The highest BCUT2D eigenvalue weighted by molar-refractivity contribution is 6.11. The van der Waals surface area contributed by atoms with Gasteiger partial charge in [0.05, 0.1) is 34.3 Å². The summed E-state index contributed by atoms with van der Waals surface area (Å²) < 4.78 is 42.4. The predicted octanol–water partition coefficient (Wildman–Crippen LogP) is 4.84. The van der Waals surface area contributed by atoms with E-state index in [1.807, 2.05) is 6.07 Å². The minimum Gasteiger partial charge on any atom is -0.335 e. The van der Waals surface area contributed by atoms with Crippen LogP contribution in [0.2, 0.25) is 0 Å². The van der Waals surface area contributed by atoms with E-state index in [2.05, 4.69) is 22.1 Å². The summed E-state index contributed by atoms with van der Waals surface area (Å²) in [6.07, 6.45) is -1.25. The molecular formula is C27H26F3N7O2. The van der Waals surface area contributed by atoms with Crippen LogP contribution in [0, 0.1) is 18.3 Å². The zero-order valence-electron chi connectivity index (χ0n) is 21.4. The summed E-state index contributed by atoms with van der Waals surface area (Å²) in [6.45, 7) is 5.11. The second-order valence-electron chi connectivity index (χ2n) is 9.03. The Morgan fingerprint density at radius 1 is 1.18 bits per heavy atom. The Bertz CT molecular complexity index is 1520. The molecule has 0 unspecified atom stereocenters. The molecule has 0 radical (unpaired) electrons. The summed E-state index contributed by atoms with van der Waals surface area (Å²) in [4.78, 5) is 31.6. The summed E-state index contributed by atoms with van der Waals surface area (Å²) in [6, 6.07) is 11.8. The third kappa shape index (κ3) is 5.34. The van der Waals surface area contributed by atoms with Gasteiger partial charge in [-0.15, -0.1) is 0 Å². The fraction of sp³-hybridized carbons (Fsp3) is 0.296. The van der Waals surface area contributed by atoms with Gasteiger partial charge in [0.2, 0.25) is 0 Å². The number of benzene rings is 2. The number of nitriles is 1. The minimum absolute atomic E-state index is 0.0344. The van der Waals surface area contributed by atoms with Gasteiger partial charge in [-0.1, -0.05) is 18.9 Å². The molecule has 1 saturated carbocycles. The van der Waals surface area contributed by atoms with Crippen molar-refractivity contribution in [3.8, 4) is 11.8 Å². The number of carbonyl (C=O) groups excluding carboxylic acids is 1. The number of anilines is 1. The average molecular weight is 538 g/mol. The molecule has 1 N–H and O–H groups in total. The van der Waals surface area contributed by atoms with Gasteiger partial charge in [-0.3, -0.25) is 9.56 Å². The maximum atomic E-state index is 13.8. The number of alkyl halides is 3. The molecule has 1 heterocycles. The summed E-state index contributed by atoms with van der Waals surface area (Å²) in [5, 5.41) is 17.3. The first-order chi connectivity index (χ1) is 18.6. The molecule has 0 spiro atoms. The Labute approximate surface area is 222 Å². The smallest absolute Gasteiger partial charge is 0.335 e. The third-order valence-electron chi connectivity index (χ3n) is 6.61. The number of aromatic nitrogens is 2. The minimum atomic E-state index is -4.63. The molecule has 1 aliphatic carbocycles. The zero-order chi connectivity index (χ0) is 28.3. The van der Waals surface area contributed by atoms with E-state index in [0.29, 0.717) is 11.3 Å². The van der Waals surface area contributed by atoms with Crippen LogP contribution in [-0.2, 0) is 6.18 Å². The van der Waals surface area contributed by atoms with E-state index in [4.69, 9.17) is 5.26 Å². The number of carbonyl (C=O) groups is 1. The highest BCUT2D eigenvalue weighted by Gasteiger charge is 2.33. The lowest BCUT2D eigenvalue weighted by Gasteiger charge is -2.22. The highest BCUT2D eigenvalue weighted by Crippen LogP contribution is 2.31. The van der Waals surface area contributed by atoms with Crippen LogP contribution in [0.3, 0.4) is 0 Å². The van der Waals surface area contributed by atoms with Crippen molar-refractivity contribution in [3.05, 3.63) is 81.5 Å². The number of nitrogens with zero attached hydrogens (tertiary/aromatic N) is 6. The lowest BCUT2D eigenvalue weighted by molar-refractivity contribution is -0.137. The Balaban J connectivity index is 1.93. The number of nitrogens with one attached hydrogen (secondary N) is 1. The fourth-order valence-corrected chi connectivity index (χ4v) is 4.74. The van der Waals surface area contributed by atoms with E-state index < -0.39 is 23.5 Å². The number of hydrazone groups is 1. The molecule has 9 nitrogen and oxygen atoms in total. The van der Waals surface area contributed by atoms with Gasteiger partial charge in [0, 0.05) is 19.8 Å². The summed E-state index contributed by atoms with van der Waals surface area (Å²) in [7, 11) is 1.43. The van der Waals surface area contributed by atoms with E-state index in [9.17, 15) is 22.8 Å². The molecule has 4 rings (SSSR count). The Morgan fingerprint density at radius 2 is 1.85 bits per heavy atom. The van der Waals surface area contributed by atoms with Crippen LogP contribution < -0.4 is 16.0 Å². The number of amidine groups is 1. The van der Waals surface area contributed by atoms with E-state index in [1.54, 1.807) is 24.3 Å². The lowest BCUT2D eigenvalue weighted by atomic mass is 10.2. The van der Waals surface area contributed by atoms with Gasteiger partial charge < -0.3 is 5.32 Å². The first kappa shape index (κ1) is 27.4. The number of aliphatic imine (C=N–C) groups is 1. The number of halogens is 3. The molecule has 1 fully saturated rings. The predicted molar refractivity (Wildman–Crippen MR) is 142 cm³/mol. The number of hydrogen-bond donors (Lipinski definition) is 1. The van der Waals surface area contributed by atoms with Crippen LogP contribution in [0.15, 0.2) is 63.4 Å². The maximum absolute atomic E-state index is 13.8. The van der Waals surface area contributed by atoms with Crippen molar-refractivity contribution in [2.45, 2.75) is 44.8 Å². The SMILES string of the molecule is C=NN(/C(=N/C)c1c(C)n(-c2cccc(C(F)(F)F)c2)c(=O)n1C(=O)NC1CCCC1)c1ccc(C#N)cc1. The van der Waals surface area contributed by atoms with Crippen molar-refractivity contribution in [3.63, 3.8) is 0 Å². The molecule has 12 heteroatoms. The summed E-state index contributed by atoms with van der Waals surface area (Å²) in [5.74, 6) is 0.0524. The van der Waals surface area contributed by atoms with Gasteiger partial charge >= 0.3 is 17.9 Å². The van der Waals surface area contributed by atoms with Gasteiger partial charge in [-0.2, -0.15) is 23.5 Å².